The van der Waals surface area contributed by atoms with E-state index in [9.17, 15) is 0 Å². The van der Waals surface area contributed by atoms with Crippen molar-refractivity contribution in [3.8, 4) is 0 Å². The Morgan fingerprint density at radius 2 is 2.09 bits per heavy atom. The average Bonchev–Trinajstić information content (AvgIpc) is 2.35. The standard InChI is InChI=1S/C8H8N2S/c1-5-7-3-4-9-6(2)8(7)11-10-5/h3-4H,1-2H3. The molecule has 0 saturated carbocycles. The predicted molar refractivity (Wildman–Crippen MR) is 46.9 cm³/mol. The van der Waals surface area contributed by atoms with E-state index in [-0.39, 0.29) is 0 Å². The number of hydrogen-bond acceptors (Lipinski definition) is 3. The van der Waals surface area contributed by atoms with Crippen molar-refractivity contribution in [2.24, 2.45) is 0 Å². The van der Waals surface area contributed by atoms with Crippen LogP contribution in [0.3, 0.4) is 0 Å². The molecule has 0 N–H and O–H groups in total. The number of hydrogen-bond donors (Lipinski definition) is 0. The van der Waals surface area contributed by atoms with Gasteiger partial charge in [0.15, 0.2) is 0 Å². The van der Waals surface area contributed by atoms with E-state index in [1.54, 1.807) is 0 Å². The van der Waals surface area contributed by atoms with Crippen LogP contribution in [0.5, 0.6) is 0 Å². The van der Waals surface area contributed by atoms with Crippen molar-refractivity contribution >= 4 is 21.6 Å². The lowest BCUT2D eigenvalue weighted by atomic mass is 10.2. The van der Waals surface area contributed by atoms with Gasteiger partial charge >= 0.3 is 0 Å². The molecular weight excluding hydrogens is 156 g/mol. The molecule has 0 aliphatic heterocycles. The third kappa shape index (κ3) is 0.922. The second-order valence-corrected chi connectivity index (χ2v) is 3.31. The molecule has 2 aromatic rings. The number of aromatic nitrogens is 2. The molecule has 2 heterocycles. The normalized spacial score (nSPS) is 10.7. The summed E-state index contributed by atoms with van der Waals surface area (Å²) in [6.45, 7) is 4.04. The van der Waals surface area contributed by atoms with Gasteiger partial charge in [-0.3, -0.25) is 4.98 Å². The molecule has 2 aromatic heterocycles. The van der Waals surface area contributed by atoms with Crippen LogP contribution >= 0.6 is 11.5 Å². The second-order valence-electron chi connectivity index (χ2n) is 2.54. The summed E-state index contributed by atoms with van der Waals surface area (Å²) in [7, 11) is 0. The highest BCUT2D eigenvalue weighted by Gasteiger charge is 2.02. The highest BCUT2D eigenvalue weighted by atomic mass is 32.1. The maximum absolute atomic E-state index is 4.26. The first kappa shape index (κ1) is 6.73. The maximum Gasteiger partial charge on any atom is 0.0765 e. The molecule has 0 radical (unpaired) electrons. The third-order valence-electron chi connectivity index (χ3n) is 1.75. The summed E-state index contributed by atoms with van der Waals surface area (Å²) in [5.41, 5.74) is 2.18. The van der Waals surface area contributed by atoms with Gasteiger partial charge < -0.3 is 0 Å². The largest absolute Gasteiger partial charge is 0.260 e. The van der Waals surface area contributed by atoms with E-state index < -0.39 is 0 Å². The van der Waals surface area contributed by atoms with Crippen LogP contribution in [-0.4, -0.2) is 9.36 Å². The fourth-order valence-corrected chi connectivity index (χ4v) is 1.94. The molecule has 0 aliphatic rings. The Morgan fingerprint density at radius 1 is 1.27 bits per heavy atom. The van der Waals surface area contributed by atoms with Gasteiger partial charge in [0.25, 0.3) is 0 Å². The molecule has 0 aliphatic carbocycles. The highest BCUT2D eigenvalue weighted by Crippen LogP contribution is 2.23. The molecule has 0 spiro atoms. The monoisotopic (exact) mass is 164 g/mol. The Hall–Kier alpha value is -0.960. The Morgan fingerprint density at radius 3 is 2.82 bits per heavy atom. The minimum Gasteiger partial charge on any atom is -0.260 e. The van der Waals surface area contributed by atoms with E-state index in [4.69, 9.17) is 0 Å². The molecule has 0 atom stereocenters. The van der Waals surface area contributed by atoms with Crippen LogP contribution in [-0.2, 0) is 0 Å². The quantitative estimate of drug-likeness (QED) is 0.597. The van der Waals surface area contributed by atoms with Gasteiger partial charge in [0.1, 0.15) is 0 Å². The molecule has 0 aromatic carbocycles. The van der Waals surface area contributed by atoms with Gasteiger partial charge in [-0.25, -0.2) is 0 Å². The minimum absolute atomic E-state index is 1.08. The average molecular weight is 164 g/mol. The van der Waals surface area contributed by atoms with E-state index in [2.05, 4.69) is 9.36 Å². The number of fused-ring (bicyclic) bond motifs is 1. The van der Waals surface area contributed by atoms with Gasteiger partial charge in [0.05, 0.1) is 16.1 Å². The number of pyridine rings is 1. The van der Waals surface area contributed by atoms with Crippen molar-refractivity contribution in [3.05, 3.63) is 23.7 Å². The van der Waals surface area contributed by atoms with Crippen LogP contribution in [0.4, 0.5) is 0 Å². The molecule has 2 rings (SSSR count). The van der Waals surface area contributed by atoms with Crippen molar-refractivity contribution in [2.45, 2.75) is 13.8 Å². The van der Waals surface area contributed by atoms with E-state index in [0.29, 0.717) is 0 Å². The van der Waals surface area contributed by atoms with Crippen molar-refractivity contribution in [3.63, 3.8) is 0 Å². The first-order valence-corrected chi connectivity index (χ1v) is 4.24. The zero-order chi connectivity index (χ0) is 7.84. The summed E-state index contributed by atoms with van der Waals surface area (Å²) in [6, 6.07) is 2.02. The van der Waals surface area contributed by atoms with E-state index in [0.717, 1.165) is 11.4 Å². The fourth-order valence-electron chi connectivity index (χ4n) is 1.12. The zero-order valence-corrected chi connectivity index (χ0v) is 7.27. The first-order valence-electron chi connectivity index (χ1n) is 3.46. The lowest BCUT2D eigenvalue weighted by Gasteiger charge is -1.91. The Labute approximate surface area is 69.1 Å². The molecule has 0 amide bonds. The van der Waals surface area contributed by atoms with Gasteiger partial charge in [-0.1, -0.05) is 0 Å². The molecule has 56 valence electrons. The van der Waals surface area contributed by atoms with E-state index in [1.165, 1.54) is 21.6 Å². The molecule has 11 heavy (non-hydrogen) atoms. The predicted octanol–water partition coefficient (Wildman–Crippen LogP) is 2.31. The van der Waals surface area contributed by atoms with Crippen LogP contribution in [0, 0.1) is 13.8 Å². The SMILES string of the molecule is Cc1nsc2c(C)nccc12. The molecule has 0 fully saturated rings. The van der Waals surface area contributed by atoms with Gasteiger partial charge in [-0.05, 0) is 31.4 Å². The van der Waals surface area contributed by atoms with Crippen LogP contribution in [0.15, 0.2) is 12.3 Å². The van der Waals surface area contributed by atoms with Crippen LogP contribution in [0.25, 0.3) is 10.1 Å². The Kier molecular flexibility index (Phi) is 1.39. The first-order chi connectivity index (χ1) is 5.29. The van der Waals surface area contributed by atoms with Crippen LogP contribution < -0.4 is 0 Å². The topological polar surface area (TPSA) is 25.8 Å². The summed E-state index contributed by atoms with van der Waals surface area (Å²) in [5, 5.41) is 1.24. The number of aryl methyl sites for hydroxylation is 2. The number of rotatable bonds is 0. The summed E-state index contributed by atoms with van der Waals surface area (Å²) in [6.07, 6.45) is 1.83. The summed E-state index contributed by atoms with van der Waals surface area (Å²) >= 11 is 1.53. The molecule has 0 bridgehead atoms. The maximum atomic E-state index is 4.26. The Balaban J connectivity index is 2.94. The lowest BCUT2D eigenvalue weighted by molar-refractivity contribution is 1.24. The third-order valence-corrected chi connectivity index (χ3v) is 2.81. The minimum atomic E-state index is 1.08. The van der Waals surface area contributed by atoms with Crippen molar-refractivity contribution in [1.29, 1.82) is 0 Å². The van der Waals surface area contributed by atoms with Crippen LogP contribution in [0.1, 0.15) is 11.4 Å². The van der Waals surface area contributed by atoms with Gasteiger partial charge in [-0.2, -0.15) is 4.37 Å². The van der Waals surface area contributed by atoms with Crippen LogP contribution in [0.2, 0.25) is 0 Å². The molecule has 0 saturated heterocycles. The smallest absolute Gasteiger partial charge is 0.0765 e. The Bertz CT molecular complexity index is 392. The molecule has 2 nitrogen and oxygen atoms in total. The fraction of sp³-hybridized carbons (Fsp3) is 0.250. The van der Waals surface area contributed by atoms with Gasteiger partial charge in [0.2, 0.25) is 0 Å². The van der Waals surface area contributed by atoms with Gasteiger partial charge in [-0.15, -0.1) is 0 Å². The summed E-state index contributed by atoms with van der Waals surface area (Å²) in [4.78, 5) is 4.19. The van der Waals surface area contributed by atoms with Crippen molar-refractivity contribution < 1.29 is 0 Å². The zero-order valence-electron chi connectivity index (χ0n) is 6.46. The van der Waals surface area contributed by atoms with E-state index >= 15 is 0 Å². The lowest BCUT2D eigenvalue weighted by Crippen LogP contribution is -1.78. The highest BCUT2D eigenvalue weighted by molar-refractivity contribution is 7.13. The second kappa shape index (κ2) is 2.27. The number of nitrogens with zero attached hydrogens (tertiary/aromatic N) is 2. The van der Waals surface area contributed by atoms with Gasteiger partial charge in [0, 0.05) is 11.6 Å². The molecular formula is C8H8N2S. The molecule has 0 unspecified atom stereocenters. The van der Waals surface area contributed by atoms with Crippen molar-refractivity contribution in [2.75, 3.05) is 0 Å². The van der Waals surface area contributed by atoms with E-state index in [1.807, 2.05) is 26.1 Å². The molecule has 3 heteroatoms. The summed E-state index contributed by atoms with van der Waals surface area (Å²) < 4.78 is 5.47. The summed E-state index contributed by atoms with van der Waals surface area (Å²) in [5.74, 6) is 0. The van der Waals surface area contributed by atoms with Crippen molar-refractivity contribution in [1.82, 2.24) is 9.36 Å².